The zero-order chi connectivity index (χ0) is 13.6. The molecule has 1 saturated carbocycles. The molecule has 18 heavy (non-hydrogen) atoms. The summed E-state index contributed by atoms with van der Waals surface area (Å²) in [7, 11) is 0. The molecule has 1 N–H and O–H groups in total. The number of rotatable bonds is 9. The van der Waals surface area contributed by atoms with Gasteiger partial charge in [-0.3, -0.25) is 0 Å². The molecule has 0 aromatic heterocycles. The molecule has 1 rings (SSSR count). The molecule has 2 atom stereocenters. The Bertz CT molecular complexity index is 212. The highest BCUT2D eigenvalue weighted by atomic mass is 14.9. The van der Waals surface area contributed by atoms with Gasteiger partial charge in [-0.1, -0.05) is 60.3 Å². The van der Waals surface area contributed by atoms with Crippen LogP contribution in [0.4, 0.5) is 0 Å². The molecule has 1 heteroatoms. The average Bonchev–Trinajstić information content (AvgIpc) is 3.10. The van der Waals surface area contributed by atoms with Gasteiger partial charge < -0.3 is 5.32 Å². The van der Waals surface area contributed by atoms with E-state index < -0.39 is 0 Å². The number of nitrogens with one attached hydrogen (secondary N) is 1. The van der Waals surface area contributed by atoms with Crippen molar-refractivity contribution in [3.8, 4) is 0 Å². The van der Waals surface area contributed by atoms with E-state index in [-0.39, 0.29) is 0 Å². The molecule has 0 amide bonds. The van der Waals surface area contributed by atoms with Crippen LogP contribution in [-0.2, 0) is 0 Å². The van der Waals surface area contributed by atoms with Crippen LogP contribution in [0.1, 0.15) is 79.6 Å². The van der Waals surface area contributed by atoms with Gasteiger partial charge in [0, 0.05) is 6.04 Å². The van der Waals surface area contributed by atoms with Crippen LogP contribution in [0.25, 0.3) is 0 Å². The average molecular weight is 253 g/mol. The van der Waals surface area contributed by atoms with E-state index in [2.05, 4.69) is 39.9 Å². The molecule has 0 bridgehead atoms. The van der Waals surface area contributed by atoms with Gasteiger partial charge in [0.25, 0.3) is 0 Å². The second kappa shape index (κ2) is 7.53. The lowest BCUT2D eigenvalue weighted by molar-refractivity contribution is 0.182. The fourth-order valence-electron chi connectivity index (χ4n) is 2.72. The molecule has 0 aromatic rings. The molecule has 1 aliphatic rings. The predicted molar refractivity (Wildman–Crippen MR) is 81.9 cm³/mol. The van der Waals surface area contributed by atoms with Gasteiger partial charge in [-0.05, 0) is 43.1 Å². The molecule has 1 nitrogen and oxygen atoms in total. The molecule has 2 unspecified atom stereocenters. The van der Waals surface area contributed by atoms with Crippen LogP contribution in [0.3, 0.4) is 0 Å². The van der Waals surface area contributed by atoms with E-state index in [0.29, 0.717) is 5.41 Å². The summed E-state index contributed by atoms with van der Waals surface area (Å²) in [5.74, 6) is 1.77. The molecule has 0 spiro atoms. The Morgan fingerprint density at radius 1 is 1.17 bits per heavy atom. The van der Waals surface area contributed by atoms with Gasteiger partial charge in [0.15, 0.2) is 0 Å². The van der Waals surface area contributed by atoms with Crippen molar-refractivity contribution < 1.29 is 0 Å². The van der Waals surface area contributed by atoms with E-state index in [1.165, 1.54) is 51.5 Å². The van der Waals surface area contributed by atoms with Gasteiger partial charge >= 0.3 is 0 Å². The summed E-state index contributed by atoms with van der Waals surface area (Å²) in [6, 6.07) is 0.852. The zero-order valence-corrected chi connectivity index (χ0v) is 13.4. The predicted octanol–water partition coefficient (Wildman–Crippen LogP) is 5.01. The smallest absolute Gasteiger partial charge is 0.00683 e. The van der Waals surface area contributed by atoms with Crippen LogP contribution < -0.4 is 5.32 Å². The van der Waals surface area contributed by atoms with E-state index in [1.54, 1.807) is 0 Å². The van der Waals surface area contributed by atoms with Crippen molar-refractivity contribution >= 4 is 0 Å². The summed E-state index contributed by atoms with van der Waals surface area (Å²) >= 11 is 0. The largest absolute Gasteiger partial charge is 0.314 e. The van der Waals surface area contributed by atoms with E-state index in [1.807, 2.05) is 0 Å². The van der Waals surface area contributed by atoms with Crippen molar-refractivity contribution in [1.82, 2.24) is 5.32 Å². The van der Waals surface area contributed by atoms with Gasteiger partial charge in [0.05, 0.1) is 0 Å². The minimum absolute atomic E-state index is 0.446. The summed E-state index contributed by atoms with van der Waals surface area (Å²) in [6.07, 6.45) is 9.77. The van der Waals surface area contributed by atoms with Crippen LogP contribution >= 0.6 is 0 Å². The Hall–Kier alpha value is -0.0400. The van der Waals surface area contributed by atoms with Crippen molar-refractivity contribution in [1.29, 1.82) is 0 Å². The summed E-state index contributed by atoms with van der Waals surface area (Å²) in [5.41, 5.74) is 0.446. The standard InChI is InChI=1S/C17H35N/c1-6-8-9-14(7-2)12-15(17(3,4)5)13-18-16-10-11-16/h14-16,18H,6-13H2,1-5H3. The summed E-state index contributed by atoms with van der Waals surface area (Å²) in [4.78, 5) is 0. The third-order valence-electron chi connectivity index (χ3n) is 4.62. The number of hydrogen-bond acceptors (Lipinski definition) is 1. The van der Waals surface area contributed by atoms with Crippen molar-refractivity contribution in [2.45, 2.75) is 85.6 Å². The second-order valence-electron chi connectivity index (χ2n) is 7.40. The lowest BCUT2D eigenvalue weighted by Crippen LogP contribution is -2.34. The topological polar surface area (TPSA) is 12.0 Å². The molecule has 0 radical (unpaired) electrons. The van der Waals surface area contributed by atoms with Gasteiger partial charge in [0.2, 0.25) is 0 Å². The van der Waals surface area contributed by atoms with Crippen molar-refractivity contribution in [3.63, 3.8) is 0 Å². The van der Waals surface area contributed by atoms with Crippen LogP contribution in [-0.4, -0.2) is 12.6 Å². The first-order valence-electron chi connectivity index (χ1n) is 8.20. The Balaban J connectivity index is 2.41. The molecule has 0 aliphatic heterocycles. The van der Waals surface area contributed by atoms with Gasteiger partial charge in [-0.2, -0.15) is 0 Å². The molecule has 1 aliphatic carbocycles. The lowest BCUT2D eigenvalue weighted by Gasteiger charge is -2.34. The minimum Gasteiger partial charge on any atom is -0.314 e. The van der Waals surface area contributed by atoms with Gasteiger partial charge in [-0.15, -0.1) is 0 Å². The van der Waals surface area contributed by atoms with Crippen LogP contribution in [0.15, 0.2) is 0 Å². The summed E-state index contributed by atoms with van der Waals surface area (Å²) in [5, 5.41) is 3.75. The highest BCUT2D eigenvalue weighted by Crippen LogP contribution is 2.34. The molecule has 0 saturated heterocycles. The molecular formula is C17H35N. The quantitative estimate of drug-likeness (QED) is 0.609. The van der Waals surface area contributed by atoms with E-state index >= 15 is 0 Å². The third kappa shape index (κ3) is 6.22. The normalized spacial score (nSPS) is 19.8. The Kier molecular flexibility index (Phi) is 6.70. The van der Waals surface area contributed by atoms with E-state index in [0.717, 1.165) is 17.9 Å². The van der Waals surface area contributed by atoms with Gasteiger partial charge in [-0.25, -0.2) is 0 Å². The molecule has 0 heterocycles. The fourth-order valence-corrected chi connectivity index (χ4v) is 2.72. The summed E-state index contributed by atoms with van der Waals surface area (Å²) < 4.78 is 0. The maximum Gasteiger partial charge on any atom is 0.00683 e. The zero-order valence-electron chi connectivity index (χ0n) is 13.4. The molecule has 1 fully saturated rings. The fraction of sp³-hybridized carbons (Fsp3) is 1.00. The first-order chi connectivity index (χ1) is 8.47. The van der Waals surface area contributed by atoms with E-state index in [4.69, 9.17) is 0 Å². The maximum atomic E-state index is 3.75. The molecular weight excluding hydrogens is 218 g/mol. The maximum absolute atomic E-state index is 3.75. The minimum atomic E-state index is 0.446. The molecule has 0 aromatic carbocycles. The third-order valence-corrected chi connectivity index (χ3v) is 4.62. The molecule has 108 valence electrons. The van der Waals surface area contributed by atoms with Crippen LogP contribution in [0.2, 0.25) is 0 Å². The first-order valence-corrected chi connectivity index (χ1v) is 8.20. The Morgan fingerprint density at radius 2 is 1.83 bits per heavy atom. The first kappa shape index (κ1) is 16.0. The second-order valence-corrected chi connectivity index (χ2v) is 7.40. The Labute approximate surface area is 115 Å². The van der Waals surface area contributed by atoms with Crippen LogP contribution in [0.5, 0.6) is 0 Å². The van der Waals surface area contributed by atoms with Gasteiger partial charge in [0.1, 0.15) is 0 Å². The summed E-state index contributed by atoms with van der Waals surface area (Å²) in [6.45, 7) is 13.2. The highest BCUT2D eigenvalue weighted by Gasteiger charge is 2.29. The van der Waals surface area contributed by atoms with Crippen LogP contribution in [0, 0.1) is 17.3 Å². The lowest BCUT2D eigenvalue weighted by atomic mass is 9.74. The monoisotopic (exact) mass is 253 g/mol. The number of hydrogen-bond donors (Lipinski definition) is 1. The van der Waals surface area contributed by atoms with Crippen molar-refractivity contribution in [3.05, 3.63) is 0 Å². The Morgan fingerprint density at radius 3 is 2.28 bits per heavy atom. The van der Waals surface area contributed by atoms with E-state index in [9.17, 15) is 0 Å². The van der Waals surface area contributed by atoms with Crippen molar-refractivity contribution in [2.24, 2.45) is 17.3 Å². The van der Waals surface area contributed by atoms with Crippen molar-refractivity contribution in [2.75, 3.05) is 6.54 Å². The highest BCUT2D eigenvalue weighted by molar-refractivity contribution is 4.85. The number of unbranched alkanes of at least 4 members (excludes halogenated alkanes) is 1. The SMILES string of the molecule is CCCCC(CC)CC(CNC1CC1)C(C)(C)C.